The van der Waals surface area contributed by atoms with Crippen LogP contribution in [0, 0.1) is 17.1 Å². The molecular weight excluding hydrogens is 498 g/mol. The lowest BCUT2D eigenvalue weighted by atomic mass is 10.1. The van der Waals surface area contributed by atoms with Gasteiger partial charge in [-0.3, -0.25) is 0 Å². The van der Waals surface area contributed by atoms with Gasteiger partial charge in [0.2, 0.25) is 0 Å². The molecule has 0 heterocycles. The summed E-state index contributed by atoms with van der Waals surface area (Å²) in [6, 6.07) is 13.5. The van der Waals surface area contributed by atoms with E-state index in [-0.39, 0.29) is 48.7 Å². The highest BCUT2D eigenvalue weighted by Crippen LogP contribution is 2.18. The average Bonchev–Trinajstić information content (AvgIpc) is 2.70. The molecule has 0 saturated heterocycles. The first-order valence-corrected chi connectivity index (χ1v) is 9.58. The van der Waals surface area contributed by atoms with Gasteiger partial charge in [-0.15, -0.1) is 24.0 Å². The van der Waals surface area contributed by atoms with Gasteiger partial charge >= 0.3 is 0 Å². The second kappa shape index (κ2) is 13.0. The number of aliphatic hydroxyl groups is 1. The van der Waals surface area contributed by atoms with Crippen molar-refractivity contribution in [2.24, 2.45) is 4.99 Å². The summed E-state index contributed by atoms with van der Waals surface area (Å²) in [7, 11) is 0. The third-order valence-electron chi connectivity index (χ3n) is 4.03. The van der Waals surface area contributed by atoms with Gasteiger partial charge in [-0.2, -0.15) is 5.26 Å². The number of rotatable bonds is 8. The molecule has 8 heteroatoms. The van der Waals surface area contributed by atoms with Crippen LogP contribution in [-0.2, 0) is 6.54 Å². The number of hydrogen-bond donors (Lipinski definition) is 3. The Kier molecular flexibility index (Phi) is 11.1. The first-order valence-electron chi connectivity index (χ1n) is 9.58. The molecule has 6 nitrogen and oxygen atoms in total. The first-order chi connectivity index (χ1) is 13.9. The fraction of sp³-hybridized carbons (Fsp3) is 0.364. The van der Waals surface area contributed by atoms with E-state index in [9.17, 15) is 9.50 Å². The zero-order valence-corrected chi connectivity index (χ0v) is 19.7. The van der Waals surface area contributed by atoms with Gasteiger partial charge in [0.1, 0.15) is 11.6 Å². The molecule has 0 spiro atoms. The van der Waals surface area contributed by atoms with Crippen molar-refractivity contribution in [3.05, 3.63) is 65.0 Å². The lowest BCUT2D eigenvalue weighted by molar-refractivity contribution is 0.180. The largest absolute Gasteiger partial charge is 0.491 e. The molecule has 0 amide bonds. The number of aliphatic imine (C=N–C) groups is 1. The Morgan fingerprint density at radius 3 is 2.47 bits per heavy atom. The number of ether oxygens (including phenoxy) is 1. The molecule has 2 rings (SSSR count). The molecule has 2 aromatic rings. The molecule has 0 fully saturated rings. The lowest BCUT2D eigenvalue weighted by Crippen LogP contribution is -2.39. The van der Waals surface area contributed by atoms with Crippen molar-refractivity contribution in [1.29, 1.82) is 5.26 Å². The Morgan fingerprint density at radius 2 is 1.90 bits per heavy atom. The Morgan fingerprint density at radius 1 is 1.20 bits per heavy atom. The van der Waals surface area contributed by atoms with Crippen molar-refractivity contribution >= 4 is 29.9 Å². The zero-order chi connectivity index (χ0) is 21.2. The number of halogens is 2. The summed E-state index contributed by atoms with van der Waals surface area (Å²) >= 11 is 0. The minimum atomic E-state index is -0.737. The maximum Gasteiger partial charge on any atom is 0.191 e. The molecule has 0 aromatic heterocycles. The lowest BCUT2D eigenvalue weighted by Gasteiger charge is -2.16. The normalized spacial score (nSPS) is 12.0. The summed E-state index contributed by atoms with van der Waals surface area (Å²) in [4.78, 5) is 4.35. The van der Waals surface area contributed by atoms with Crippen LogP contribution < -0.4 is 15.4 Å². The number of nitrogens with one attached hydrogen (secondary N) is 2. The molecule has 2 aromatic carbocycles. The smallest absolute Gasteiger partial charge is 0.191 e. The van der Waals surface area contributed by atoms with E-state index < -0.39 is 11.9 Å². The molecule has 1 atom stereocenters. The van der Waals surface area contributed by atoms with Gasteiger partial charge < -0.3 is 20.5 Å². The second-order valence-electron chi connectivity index (χ2n) is 6.75. The summed E-state index contributed by atoms with van der Waals surface area (Å²) in [6.45, 7) is 6.81. The highest BCUT2D eigenvalue weighted by Gasteiger charge is 2.10. The van der Waals surface area contributed by atoms with E-state index in [0.29, 0.717) is 18.1 Å². The number of benzene rings is 2. The third kappa shape index (κ3) is 8.16. The highest BCUT2D eigenvalue weighted by molar-refractivity contribution is 14.0. The van der Waals surface area contributed by atoms with Crippen LogP contribution in [0.2, 0.25) is 0 Å². The predicted molar refractivity (Wildman–Crippen MR) is 127 cm³/mol. The predicted octanol–water partition coefficient (Wildman–Crippen LogP) is 3.89. The van der Waals surface area contributed by atoms with Crippen LogP contribution >= 0.6 is 24.0 Å². The van der Waals surface area contributed by atoms with E-state index in [1.165, 1.54) is 6.07 Å². The molecule has 0 radical (unpaired) electrons. The van der Waals surface area contributed by atoms with E-state index in [4.69, 9.17) is 10.00 Å². The van der Waals surface area contributed by atoms with Gasteiger partial charge in [0.05, 0.1) is 30.4 Å². The van der Waals surface area contributed by atoms with Gasteiger partial charge in [0.15, 0.2) is 5.96 Å². The Hall–Kier alpha value is -2.38. The van der Waals surface area contributed by atoms with Gasteiger partial charge in [-0.25, -0.2) is 9.38 Å². The molecule has 0 aliphatic carbocycles. The SMILES string of the molecule is CCNC(=NCc1ccc(C#N)cc1F)NCC(O)c1ccc(OC(C)C)cc1.I. The van der Waals surface area contributed by atoms with Gasteiger partial charge in [-0.05, 0) is 50.6 Å². The van der Waals surface area contributed by atoms with Crippen LogP contribution in [0.4, 0.5) is 4.39 Å². The van der Waals surface area contributed by atoms with Crippen molar-refractivity contribution in [3.8, 4) is 11.8 Å². The molecular formula is C22H28FIN4O2. The second-order valence-corrected chi connectivity index (χ2v) is 6.75. The van der Waals surface area contributed by atoms with Gasteiger partial charge in [0, 0.05) is 18.7 Å². The van der Waals surface area contributed by atoms with Crippen molar-refractivity contribution in [1.82, 2.24) is 10.6 Å². The fourth-order valence-corrected chi connectivity index (χ4v) is 2.60. The van der Waals surface area contributed by atoms with Crippen LogP contribution in [0.25, 0.3) is 0 Å². The molecule has 0 aliphatic rings. The molecule has 162 valence electrons. The molecule has 0 saturated carbocycles. The van der Waals surface area contributed by atoms with Crippen molar-refractivity contribution in [3.63, 3.8) is 0 Å². The average molecular weight is 526 g/mol. The van der Waals surface area contributed by atoms with Gasteiger partial charge in [-0.1, -0.05) is 18.2 Å². The zero-order valence-electron chi connectivity index (χ0n) is 17.4. The number of guanidine groups is 1. The van der Waals surface area contributed by atoms with Crippen molar-refractivity contribution in [2.45, 2.75) is 39.5 Å². The summed E-state index contributed by atoms with van der Waals surface area (Å²) in [5, 5.41) is 25.4. The van der Waals surface area contributed by atoms with Crippen LogP contribution in [0.3, 0.4) is 0 Å². The molecule has 30 heavy (non-hydrogen) atoms. The fourth-order valence-electron chi connectivity index (χ4n) is 2.60. The van der Waals surface area contributed by atoms with Crippen molar-refractivity contribution in [2.75, 3.05) is 13.1 Å². The van der Waals surface area contributed by atoms with E-state index in [0.717, 1.165) is 11.3 Å². The highest BCUT2D eigenvalue weighted by atomic mass is 127. The van der Waals surface area contributed by atoms with Crippen molar-refractivity contribution < 1.29 is 14.2 Å². The minimum Gasteiger partial charge on any atom is -0.491 e. The van der Waals surface area contributed by atoms with Crippen LogP contribution in [0.1, 0.15) is 43.6 Å². The third-order valence-corrected chi connectivity index (χ3v) is 4.03. The first kappa shape index (κ1) is 25.7. The summed E-state index contributed by atoms with van der Waals surface area (Å²) in [5.41, 5.74) is 1.42. The van der Waals surface area contributed by atoms with Crippen LogP contribution in [0.15, 0.2) is 47.5 Å². The number of hydrogen-bond acceptors (Lipinski definition) is 4. The number of nitriles is 1. The van der Waals surface area contributed by atoms with E-state index in [1.54, 1.807) is 12.1 Å². The monoisotopic (exact) mass is 526 g/mol. The van der Waals surface area contributed by atoms with E-state index in [2.05, 4.69) is 15.6 Å². The summed E-state index contributed by atoms with van der Waals surface area (Å²) < 4.78 is 19.6. The van der Waals surface area contributed by atoms with E-state index >= 15 is 0 Å². The Bertz CT molecular complexity index is 866. The molecule has 3 N–H and O–H groups in total. The maximum absolute atomic E-state index is 14.0. The number of nitrogens with zero attached hydrogens (tertiary/aromatic N) is 2. The summed E-state index contributed by atoms with van der Waals surface area (Å²) in [5.74, 6) is 0.755. The van der Waals surface area contributed by atoms with Crippen LogP contribution in [-0.4, -0.2) is 30.3 Å². The molecule has 1 unspecified atom stereocenters. The summed E-state index contributed by atoms with van der Waals surface area (Å²) in [6.07, 6.45) is -0.647. The Labute approximate surface area is 194 Å². The standard InChI is InChI=1S/C22H27FN4O2.HI/c1-4-25-22(26-13-18-6-5-16(12-24)11-20(18)23)27-14-21(28)17-7-9-19(10-8-17)29-15(2)3;/h5-11,15,21,28H,4,13-14H2,1-3H3,(H2,25,26,27);1H. The van der Waals surface area contributed by atoms with Gasteiger partial charge in [0.25, 0.3) is 0 Å². The van der Waals surface area contributed by atoms with E-state index in [1.807, 2.05) is 51.1 Å². The Balaban J connectivity index is 0.00000450. The molecule has 0 bridgehead atoms. The maximum atomic E-state index is 14.0. The topological polar surface area (TPSA) is 89.7 Å². The molecule has 0 aliphatic heterocycles. The quantitative estimate of drug-likeness (QED) is 0.276. The number of aliphatic hydroxyl groups excluding tert-OH is 1. The van der Waals surface area contributed by atoms with Crippen LogP contribution in [0.5, 0.6) is 5.75 Å². The minimum absolute atomic E-state index is 0.